The average Bonchev–Trinajstić information content (AvgIpc) is 3.32. The molecule has 2 N–H and O–H groups in total. The lowest BCUT2D eigenvalue weighted by atomic mass is 9.95. The molecule has 33 heavy (non-hydrogen) atoms. The first kappa shape index (κ1) is 22.4. The summed E-state index contributed by atoms with van der Waals surface area (Å²) in [4.78, 5) is 31.9. The van der Waals surface area contributed by atoms with Gasteiger partial charge in [-0.25, -0.2) is 9.18 Å². The largest absolute Gasteiger partial charge is 0.461 e. The topological polar surface area (TPSA) is 110 Å². The van der Waals surface area contributed by atoms with Gasteiger partial charge in [0.2, 0.25) is 11.9 Å². The SMILES string of the molecule is CC(C)(C)OC(=O)N1[C@@H]2CC[C@H]1CN(c1nc(N)nc(OC[C@@]34CCCN3C[C@H](F)C4)n1)C2. The van der Waals surface area contributed by atoms with Crippen LogP contribution in [-0.2, 0) is 4.74 Å². The van der Waals surface area contributed by atoms with E-state index in [0.717, 1.165) is 32.2 Å². The van der Waals surface area contributed by atoms with E-state index in [2.05, 4.69) is 19.9 Å². The molecule has 0 saturated carbocycles. The van der Waals surface area contributed by atoms with Gasteiger partial charge in [0.25, 0.3) is 0 Å². The van der Waals surface area contributed by atoms with Crippen molar-refractivity contribution >= 4 is 18.0 Å². The summed E-state index contributed by atoms with van der Waals surface area (Å²) < 4.78 is 25.6. The summed E-state index contributed by atoms with van der Waals surface area (Å²) in [6, 6.07) is 0.238. The monoisotopic (exact) mass is 463 g/mol. The maximum Gasteiger partial charge on any atom is 0.410 e. The summed E-state index contributed by atoms with van der Waals surface area (Å²) >= 11 is 0. The molecule has 4 atom stereocenters. The standard InChI is InChI=1S/C22H34FN7O3/c1-21(2,3)33-20(31)30-15-5-6-16(30)12-28(11-15)18-25-17(24)26-19(27-18)32-13-22-7-4-8-29(22)10-14(23)9-22/h14-16H,4-13H2,1-3H3,(H2,24,25,26,27)/t14-,15-,16+,22+/m1/s1. The summed E-state index contributed by atoms with van der Waals surface area (Å²) in [5, 5.41) is 0. The first-order valence-electron chi connectivity index (χ1n) is 11.9. The van der Waals surface area contributed by atoms with Crippen molar-refractivity contribution in [1.82, 2.24) is 24.8 Å². The van der Waals surface area contributed by atoms with E-state index in [-0.39, 0.29) is 35.7 Å². The van der Waals surface area contributed by atoms with Crippen LogP contribution in [0.15, 0.2) is 0 Å². The van der Waals surface area contributed by atoms with Crippen molar-refractivity contribution < 1.29 is 18.7 Å². The normalized spacial score (nSPS) is 31.7. The molecule has 0 radical (unpaired) electrons. The van der Waals surface area contributed by atoms with E-state index in [1.165, 1.54) is 0 Å². The molecule has 0 aliphatic carbocycles. The number of halogens is 1. The van der Waals surface area contributed by atoms with E-state index < -0.39 is 11.8 Å². The van der Waals surface area contributed by atoms with Gasteiger partial charge in [-0.05, 0) is 53.0 Å². The highest BCUT2D eigenvalue weighted by atomic mass is 19.1. The molecule has 1 aromatic heterocycles. The minimum atomic E-state index is -0.815. The van der Waals surface area contributed by atoms with Crippen LogP contribution in [-0.4, -0.2) is 93.0 Å². The molecular weight excluding hydrogens is 429 g/mol. The highest BCUT2D eigenvalue weighted by Gasteiger charge is 2.49. The van der Waals surface area contributed by atoms with Crippen molar-refractivity contribution in [2.45, 2.75) is 82.3 Å². The van der Waals surface area contributed by atoms with Gasteiger partial charge in [0, 0.05) is 26.1 Å². The maximum absolute atomic E-state index is 14.0. The number of rotatable bonds is 4. The van der Waals surface area contributed by atoms with Crippen LogP contribution in [0.1, 0.15) is 52.9 Å². The van der Waals surface area contributed by atoms with Crippen molar-refractivity contribution in [3.63, 3.8) is 0 Å². The predicted octanol–water partition coefficient (Wildman–Crippen LogP) is 2.00. The van der Waals surface area contributed by atoms with Gasteiger partial charge in [-0.2, -0.15) is 15.0 Å². The van der Waals surface area contributed by atoms with Gasteiger partial charge in [-0.3, -0.25) is 9.80 Å². The zero-order valence-electron chi connectivity index (χ0n) is 19.7. The van der Waals surface area contributed by atoms with Gasteiger partial charge >= 0.3 is 12.1 Å². The number of amides is 1. The van der Waals surface area contributed by atoms with E-state index in [0.29, 0.717) is 38.6 Å². The van der Waals surface area contributed by atoms with Crippen LogP contribution in [0.2, 0.25) is 0 Å². The molecule has 4 fully saturated rings. The Morgan fingerprint density at radius 1 is 1.18 bits per heavy atom. The fourth-order valence-corrected chi connectivity index (χ4v) is 5.89. The Morgan fingerprint density at radius 3 is 2.61 bits per heavy atom. The summed E-state index contributed by atoms with van der Waals surface area (Å²) in [6.45, 7) is 8.54. The molecule has 182 valence electrons. The van der Waals surface area contributed by atoms with Crippen LogP contribution in [0.5, 0.6) is 6.01 Å². The van der Waals surface area contributed by atoms with Crippen LogP contribution in [0.3, 0.4) is 0 Å². The van der Waals surface area contributed by atoms with E-state index in [4.69, 9.17) is 15.2 Å². The Kier molecular flexibility index (Phi) is 5.49. The number of carbonyl (C=O) groups excluding carboxylic acids is 1. The number of aromatic nitrogens is 3. The van der Waals surface area contributed by atoms with Gasteiger partial charge < -0.3 is 20.1 Å². The lowest BCUT2D eigenvalue weighted by Crippen LogP contribution is -2.57. The summed E-state index contributed by atoms with van der Waals surface area (Å²) in [5.41, 5.74) is 5.18. The Morgan fingerprint density at radius 2 is 1.91 bits per heavy atom. The number of carbonyl (C=O) groups is 1. The molecule has 4 aliphatic rings. The summed E-state index contributed by atoms with van der Waals surface area (Å²) in [7, 11) is 0. The molecule has 5 heterocycles. The molecule has 1 aromatic rings. The zero-order valence-corrected chi connectivity index (χ0v) is 19.7. The van der Waals surface area contributed by atoms with Gasteiger partial charge in [-0.15, -0.1) is 0 Å². The third-order valence-corrected chi connectivity index (χ3v) is 7.22. The quantitative estimate of drug-likeness (QED) is 0.717. The molecule has 10 nitrogen and oxygen atoms in total. The molecule has 0 unspecified atom stereocenters. The van der Waals surface area contributed by atoms with Crippen molar-refractivity contribution in [2.75, 3.05) is 43.4 Å². The number of nitrogens with zero attached hydrogens (tertiary/aromatic N) is 6. The van der Waals surface area contributed by atoms with E-state index in [1.54, 1.807) is 0 Å². The van der Waals surface area contributed by atoms with Crippen molar-refractivity contribution in [1.29, 1.82) is 0 Å². The van der Waals surface area contributed by atoms with E-state index >= 15 is 0 Å². The lowest BCUT2D eigenvalue weighted by Gasteiger charge is -2.41. The number of hydrogen-bond acceptors (Lipinski definition) is 9. The second kappa shape index (κ2) is 8.11. The number of nitrogens with two attached hydrogens (primary N) is 1. The number of anilines is 2. The Bertz CT molecular complexity index is 898. The number of fused-ring (bicyclic) bond motifs is 3. The second-order valence-electron chi connectivity index (χ2n) is 10.8. The molecule has 0 aromatic carbocycles. The Balaban J connectivity index is 1.27. The van der Waals surface area contributed by atoms with Crippen LogP contribution in [0, 0.1) is 0 Å². The Hall–Kier alpha value is -2.43. The van der Waals surface area contributed by atoms with Crippen molar-refractivity contribution in [2.24, 2.45) is 0 Å². The van der Waals surface area contributed by atoms with E-state index in [1.807, 2.05) is 30.6 Å². The van der Waals surface area contributed by atoms with Crippen LogP contribution < -0.4 is 15.4 Å². The molecule has 0 spiro atoms. The third kappa shape index (κ3) is 4.39. The summed E-state index contributed by atoms with van der Waals surface area (Å²) in [6.07, 6.45) is 3.18. The highest BCUT2D eigenvalue weighted by Crippen LogP contribution is 2.40. The predicted molar refractivity (Wildman–Crippen MR) is 120 cm³/mol. The molecule has 1 amide bonds. The average molecular weight is 464 g/mol. The number of nitrogen functional groups attached to an aromatic ring is 1. The van der Waals surface area contributed by atoms with Gasteiger partial charge in [0.05, 0.1) is 17.6 Å². The minimum absolute atomic E-state index is 0.0341. The van der Waals surface area contributed by atoms with Gasteiger partial charge in [0.15, 0.2) is 0 Å². The number of hydrogen-bond donors (Lipinski definition) is 1. The molecular formula is C22H34FN7O3. The first-order valence-corrected chi connectivity index (χ1v) is 11.9. The highest BCUT2D eigenvalue weighted by molar-refractivity contribution is 5.70. The van der Waals surface area contributed by atoms with Crippen LogP contribution in [0.25, 0.3) is 0 Å². The molecule has 4 saturated heterocycles. The number of piperazine rings is 1. The molecule has 11 heteroatoms. The van der Waals surface area contributed by atoms with Crippen molar-refractivity contribution in [3.8, 4) is 6.01 Å². The fraction of sp³-hybridized carbons (Fsp3) is 0.818. The van der Waals surface area contributed by atoms with Gasteiger partial charge in [0.1, 0.15) is 18.4 Å². The summed E-state index contributed by atoms with van der Waals surface area (Å²) in [5.74, 6) is 0.543. The number of alkyl halides is 1. The molecule has 2 bridgehead atoms. The van der Waals surface area contributed by atoms with Crippen molar-refractivity contribution in [3.05, 3.63) is 0 Å². The van der Waals surface area contributed by atoms with E-state index in [9.17, 15) is 9.18 Å². The fourth-order valence-electron chi connectivity index (χ4n) is 5.89. The Labute approximate surface area is 193 Å². The zero-order chi connectivity index (χ0) is 23.4. The van der Waals surface area contributed by atoms with Crippen LogP contribution in [0.4, 0.5) is 21.1 Å². The first-order chi connectivity index (χ1) is 15.6. The smallest absolute Gasteiger partial charge is 0.410 e. The minimum Gasteiger partial charge on any atom is -0.461 e. The number of ether oxygens (including phenoxy) is 2. The maximum atomic E-state index is 14.0. The molecule has 4 aliphatic heterocycles. The van der Waals surface area contributed by atoms with Crippen LogP contribution >= 0.6 is 0 Å². The van der Waals surface area contributed by atoms with Gasteiger partial charge in [-0.1, -0.05) is 0 Å². The third-order valence-electron chi connectivity index (χ3n) is 7.22. The lowest BCUT2D eigenvalue weighted by molar-refractivity contribution is 0.0122. The second-order valence-corrected chi connectivity index (χ2v) is 10.8. The molecule has 5 rings (SSSR count).